The monoisotopic (exact) mass is 303 g/mol. The molecule has 0 aliphatic carbocycles. The van der Waals surface area contributed by atoms with E-state index in [4.69, 9.17) is 0 Å². The summed E-state index contributed by atoms with van der Waals surface area (Å²) in [6.45, 7) is 4.10. The van der Waals surface area contributed by atoms with Crippen molar-refractivity contribution in [2.24, 2.45) is 0 Å². The van der Waals surface area contributed by atoms with Gasteiger partial charge in [0.1, 0.15) is 0 Å². The first kappa shape index (κ1) is 16.5. The Morgan fingerprint density at radius 2 is 1.91 bits per heavy atom. The molecule has 0 spiro atoms. The molecule has 0 aromatic heterocycles. The molecule has 120 valence electrons. The molecule has 22 heavy (non-hydrogen) atoms. The number of carbonyl (C=O) groups excluding carboxylic acids is 2. The smallest absolute Gasteiger partial charge is 0.251 e. The molecule has 1 fully saturated rings. The number of benzene rings is 1. The predicted molar refractivity (Wildman–Crippen MR) is 86.8 cm³/mol. The van der Waals surface area contributed by atoms with Crippen LogP contribution in [0.25, 0.3) is 0 Å². The molecule has 1 saturated heterocycles. The average Bonchev–Trinajstić information content (AvgIpc) is 2.53. The van der Waals surface area contributed by atoms with Crippen LogP contribution < -0.4 is 10.6 Å². The summed E-state index contributed by atoms with van der Waals surface area (Å²) < 4.78 is 0. The average molecular weight is 303 g/mol. The van der Waals surface area contributed by atoms with E-state index in [2.05, 4.69) is 10.6 Å². The molecule has 1 aromatic carbocycles. The predicted octanol–water partition coefficient (Wildman–Crippen LogP) is 1.33. The van der Waals surface area contributed by atoms with Crippen LogP contribution in [0.2, 0.25) is 0 Å². The lowest BCUT2D eigenvalue weighted by atomic mass is 10.0. The molecular weight excluding hydrogens is 278 g/mol. The molecule has 1 heterocycles. The molecule has 0 bridgehead atoms. The van der Waals surface area contributed by atoms with Crippen LogP contribution in [0.5, 0.6) is 0 Å². The second-order valence-electron chi connectivity index (χ2n) is 5.80. The standard InChI is InChI=1S/C17H25N3O2/c1-13-5-3-4-6-15(13)17(22)19-14-8-11-20(12-9-14)16(21)7-10-18-2/h3-6,14,18H,7-12H2,1-2H3,(H,19,22). The van der Waals surface area contributed by atoms with E-state index in [-0.39, 0.29) is 17.9 Å². The number of amides is 2. The van der Waals surface area contributed by atoms with Crippen molar-refractivity contribution in [2.75, 3.05) is 26.7 Å². The van der Waals surface area contributed by atoms with Gasteiger partial charge in [-0.25, -0.2) is 0 Å². The summed E-state index contributed by atoms with van der Waals surface area (Å²) >= 11 is 0. The quantitative estimate of drug-likeness (QED) is 0.862. The first-order valence-corrected chi connectivity index (χ1v) is 7.90. The van der Waals surface area contributed by atoms with Crippen LogP contribution in [-0.2, 0) is 4.79 Å². The lowest BCUT2D eigenvalue weighted by molar-refractivity contribution is -0.132. The van der Waals surface area contributed by atoms with E-state index in [9.17, 15) is 9.59 Å². The van der Waals surface area contributed by atoms with Crippen LogP contribution in [0.3, 0.4) is 0 Å². The zero-order valence-electron chi connectivity index (χ0n) is 13.4. The largest absolute Gasteiger partial charge is 0.349 e. The molecule has 2 N–H and O–H groups in total. The van der Waals surface area contributed by atoms with Gasteiger partial charge in [0.25, 0.3) is 5.91 Å². The number of aryl methyl sites for hydroxylation is 1. The molecule has 5 heteroatoms. The van der Waals surface area contributed by atoms with Gasteiger partial charge in [-0.1, -0.05) is 18.2 Å². The third-order valence-electron chi connectivity index (χ3n) is 4.16. The van der Waals surface area contributed by atoms with Crippen LogP contribution in [0, 0.1) is 6.92 Å². The Balaban J connectivity index is 1.81. The summed E-state index contributed by atoms with van der Waals surface area (Å²) in [5.74, 6) is 0.177. The second-order valence-corrected chi connectivity index (χ2v) is 5.80. The van der Waals surface area contributed by atoms with Crippen LogP contribution in [0.4, 0.5) is 0 Å². The van der Waals surface area contributed by atoms with E-state index in [0.717, 1.165) is 37.1 Å². The summed E-state index contributed by atoms with van der Waals surface area (Å²) in [6.07, 6.45) is 2.18. The van der Waals surface area contributed by atoms with Gasteiger partial charge >= 0.3 is 0 Å². The van der Waals surface area contributed by atoms with E-state index in [0.29, 0.717) is 13.0 Å². The van der Waals surface area contributed by atoms with Gasteiger partial charge in [-0.15, -0.1) is 0 Å². The highest BCUT2D eigenvalue weighted by Gasteiger charge is 2.24. The Hall–Kier alpha value is -1.88. The molecule has 0 atom stereocenters. The maximum absolute atomic E-state index is 12.3. The summed E-state index contributed by atoms with van der Waals surface area (Å²) in [7, 11) is 1.85. The normalized spacial score (nSPS) is 15.6. The SMILES string of the molecule is CNCCC(=O)N1CCC(NC(=O)c2ccccc2C)CC1. The number of hydrogen-bond donors (Lipinski definition) is 2. The molecule has 0 unspecified atom stereocenters. The van der Waals surface area contributed by atoms with Crippen LogP contribution in [0.1, 0.15) is 35.2 Å². The van der Waals surface area contributed by atoms with Gasteiger partial charge in [0, 0.05) is 37.7 Å². The topological polar surface area (TPSA) is 61.4 Å². The Morgan fingerprint density at radius 3 is 2.55 bits per heavy atom. The minimum atomic E-state index is -0.0157. The maximum Gasteiger partial charge on any atom is 0.251 e. The zero-order chi connectivity index (χ0) is 15.9. The van der Waals surface area contributed by atoms with Crippen molar-refractivity contribution < 1.29 is 9.59 Å². The third-order valence-corrected chi connectivity index (χ3v) is 4.16. The first-order chi connectivity index (χ1) is 10.6. The number of likely N-dealkylation sites (tertiary alicyclic amines) is 1. The van der Waals surface area contributed by atoms with E-state index < -0.39 is 0 Å². The highest BCUT2D eigenvalue weighted by molar-refractivity contribution is 5.95. The van der Waals surface area contributed by atoms with Crippen molar-refractivity contribution in [3.63, 3.8) is 0 Å². The van der Waals surface area contributed by atoms with Gasteiger partial charge < -0.3 is 15.5 Å². The number of rotatable bonds is 5. The Bertz CT molecular complexity index is 522. The van der Waals surface area contributed by atoms with Crippen molar-refractivity contribution in [1.82, 2.24) is 15.5 Å². The Morgan fingerprint density at radius 1 is 1.23 bits per heavy atom. The highest BCUT2D eigenvalue weighted by Crippen LogP contribution is 2.13. The number of piperidine rings is 1. The van der Waals surface area contributed by atoms with E-state index >= 15 is 0 Å². The molecule has 0 saturated carbocycles. The van der Waals surface area contributed by atoms with Gasteiger partial charge in [0.15, 0.2) is 0 Å². The van der Waals surface area contributed by atoms with Crippen molar-refractivity contribution in [1.29, 1.82) is 0 Å². The fourth-order valence-corrected chi connectivity index (χ4v) is 2.75. The summed E-state index contributed by atoms with van der Waals surface area (Å²) in [5.41, 5.74) is 1.72. The number of carbonyl (C=O) groups is 2. The molecule has 2 amide bonds. The summed E-state index contributed by atoms with van der Waals surface area (Å²) in [4.78, 5) is 26.1. The minimum Gasteiger partial charge on any atom is -0.349 e. The third kappa shape index (κ3) is 4.31. The van der Waals surface area contributed by atoms with Crippen LogP contribution in [-0.4, -0.2) is 49.4 Å². The van der Waals surface area contributed by atoms with Crippen molar-refractivity contribution in [2.45, 2.75) is 32.2 Å². The summed E-state index contributed by atoms with van der Waals surface area (Å²) in [5, 5.41) is 6.08. The first-order valence-electron chi connectivity index (χ1n) is 7.90. The van der Waals surface area contributed by atoms with E-state index in [1.807, 2.05) is 43.1 Å². The van der Waals surface area contributed by atoms with Gasteiger partial charge in [-0.2, -0.15) is 0 Å². The lowest BCUT2D eigenvalue weighted by Crippen LogP contribution is -2.47. The Kier molecular flexibility index (Phi) is 5.95. The molecule has 1 aliphatic rings. The van der Waals surface area contributed by atoms with Gasteiger partial charge in [0.2, 0.25) is 5.91 Å². The van der Waals surface area contributed by atoms with Crippen LogP contribution in [0.15, 0.2) is 24.3 Å². The highest BCUT2D eigenvalue weighted by atomic mass is 16.2. The fourth-order valence-electron chi connectivity index (χ4n) is 2.75. The van der Waals surface area contributed by atoms with Crippen molar-refractivity contribution >= 4 is 11.8 Å². The van der Waals surface area contributed by atoms with E-state index in [1.165, 1.54) is 0 Å². The van der Waals surface area contributed by atoms with Crippen molar-refractivity contribution in [3.05, 3.63) is 35.4 Å². The van der Waals surface area contributed by atoms with Gasteiger partial charge in [-0.3, -0.25) is 9.59 Å². The second kappa shape index (κ2) is 7.94. The van der Waals surface area contributed by atoms with Crippen molar-refractivity contribution in [3.8, 4) is 0 Å². The van der Waals surface area contributed by atoms with Crippen LogP contribution >= 0.6 is 0 Å². The summed E-state index contributed by atoms with van der Waals surface area (Å²) in [6, 6.07) is 7.76. The van der Waals surface area contributed by atoms with E-state index in [1.54, 1.807) is 0 Å². The Labute approximate surface area is 132 Å². The molecule has 2 rings (SSSR count). The number of hydrogen-bond acceptors (Lipinski definition) is 3. The fraction of sp³-hybridized carbons (Fsp3) is 0.529. The lowest BCUT2D eigenvalue weighted by Gasteiger charge is -2.32. The number of nitrogens with one attached hydrogen (secondary N) is 2. The molecule has 1 aliphatic heterocycles. The molecule has 5 nitrogen and oxygen atoms in total. The van der Waals surface area contributed by atoms with Gasteiger partial charge in [0.05, 0.1) is 0 Å². The molecular formula is C17H25N3O2. The van der Waals surface area contributed by atoms with Gasteiger partial charge in [-0.05, 0) is 38.4 Å². The minimum absolute atomic E-state index is 0.0157. The maximum atomic E-state index is 12.3. The number of nitrogens with zero attached hydrogens (tertiary/aromatic N) is 1. The molecule has 1 aromatic rings. The molecule has 0 radical (unpaired) electrons. The zero-order valence-corrected chi connectivity index (χ0v) is 13.4.